The van der Waals surface area contributed by atoms with Gasteiger partial charge in [-0.25, -0.2) is 8.42 Å². The van der Waals surface area contributed by atoms with Crippen molar-refractivity contribution >= 4 is 15.7 Å². The molecule has 18 heavy (non-hydrogen) atoms. The van der Waals surface area contributed by atoms with E-state index in [2.05, 4.69) is 5.32 Å². The van der Waals surface area contributed by atoms with E-state index in [1.54, 1.807) is 30.3 Å². The van der Waals surface area contributed by atoms with Crippen molar-refractivity contribution in [1.29, 1.82) is 0 Å². The first-order chi connectivity index (χ1) is 8.56. The van der Waals surface area contributed by atoms with Gasteiger partial charge in [-0.05, 0) is 18.6 Å². The van der Waals surface area contributed by atoms with Crippen molar-refractivity contribution in [1.82, 2.24) is 5.32 Å². The molecule has 0 saturated carbocycles. The zero-order valence-corrected chi connectivity index (χ0v) is 11.4. The fourth-order valence-electron chi connectivity index (χ4n) is 1.47. The van der Waals surface area contributed by atoms with E-state index in [9.17, 15) is 13.2 Å². The van der Waals surface area contributed by atoms with E-state index < -0.39 is 9.84 Å². The smallest absolute Gasteiger partial charge is 0.221 e. The quantitative estimate of drug-likeness (QED) is 0.767. The van der Waals surface area contributed by atoms with Crippen LogP contribution in [0.4, 0.5) is 0 Å². The summed E-state index contributed by atoms with van der Waals surface area (Å²) >= 11 is 0. The molecule has 1 rings (SSSR count). The second-order valence-electron chi connectivity index (χ2n) is 4.09. The van der Waals surface area contributed by atoms with E-state index in [0.717, 1.165) is 12.8 Å². The number of rotatable bonds is 7. The molecule has 0 aromatic heterocycles. The number of carbonyl (C=O) groups is 1. The van der Waals surface area contributed by atoms with Gasteiger partial charge < -0.3 is 5.32 Å². The maximum Gasteiger partial charge on any atom is 0.221 e. The van der Waals surface area contributed by atoms with Crippen LogP contribution in [-0.2, 0) is 14.6 Å². The fraction of sp³-hybridized carbons (Fsp3) is 0.462. The molecule has 1 amide bonds. The third-order valence-corrected chi connectivity index (χ3v) is 4.28. The topological polar surface area (TPSA) is 63.2 Å². The third-order valence-electron chi connectivity index (χ3n) is 2.55. The summed E-state index contributed by atoms with van der Waals surface area (Å²) in [6.45, 7) is 2.65. The maximum absolute atomic E-state index is 11.9. The van der Waals surface area contributed by atoms with Crippen LogP contribution in [-0.4, -0.2) is 26.6 Å². The Morgan fingerprint density at radius 3 is 2.50 bits per heavy atom. The zero-order valence-electron chi connectivity index (χ0n) is 10.6. The van der Waals surface area contributed by atoms with Gasteiger partial charge in [-0.15, -0.1) is 0 Å². The zero-order chi connectivity index (χ0) is 13.4. The lowest BCUT2D eigenvalue weighted by atomic mass is 10.3. The van der Waals surface area contributed by atoms with Gasteiger partial charge >= 0.3 is 0 Å². The number of unbranched alkanes of at least 4 members (excludes halogenated alkanes) is 1. The van der Waals surface area contributed by atoms with E-state index >= 15 is 0 Å². The minimum absolute atomic E-state index is 0.0148. The van der Waals surface area contributed by atoms with Crippen LogP contribution >= 0.6 is 0 Å². The van der Waals surface area contributed by atoms with E-state index in [0.29, 0.717) is 6.54 Å². The van der Waals surface area contributed by atoms with Crippen LogP contribution in [0.5, 0.6) is 0 Å². The highest BCUT2D eigenvalue weighted by molar-refractivity contribution is 7.91. The summed E-state index contributed by atoms with van der Waals surface area (Å²) in [5, 5.41) is 2.70. The first kappa shape index (κ1) is 14.7. The van der Waals surface area contributed by atoms with Gasteiger partial charge in [-0.2, -0.15) is 0 Å². The maximum atomic E-state index is 11.9. The van der Waals surface area contributed by atoms with Gasteiger partial charge in [0.05, 0.1) is 10.6 Å². The van der Waals surface area contributed by atoms with Crippen LogP contribution in [0.15, 0.2) is 35.2 Å². The number of sulfone groups is 1. The van der Waals surface area contributed by atoms with E-state index in [1.165, 1.54) is 0 Å². The Morgan fingerprint density at radius 2 is 1.89 bits per heavy atom. The molecule has 5 heteroatoms. The molecule has 0 spiro atoms. The van der Waals surface area contributed by atoms with Crippen molar-refractivity contribution in [2.24, 2.45) is 0 Å². The molecule has 0 bridgehead atoms. The average Bonchev–Trinajstić information content (AvgIpc) is 2.38. The van der Waals surface area contributed by atoms with Crippen molar-refractivity contribution in [2.45, 2.75) is 31.1 Å². The van der Waals surface area contributed by atoms with Gasteiger partial charge in [0.25, 0.3) is 0 Å². The second kappa shape index (κ2) is 7.16. The molecule has 4 nitrogen and oxygen atoms in total. The minimum atomic E-state index is -3.35. The van der Waals surface area contributed by atoms with Gasteiger partial charge in [0.1, 0.15) is 0 Å². The van der Waals surface area contributed by atoms with Gasteiger partial charge in [0.15, 0.2) is 9.84 Å². The molecule has 0 aliphatic heterocycles. The minimum Gasteiger partial charge on any atom is -0.356 e. The Bertz CT molecular complexity index is 468. The number of hydrogen-bond acceptors (Lipinski definition) is 3. The van der Waals surface area contributed by atoms with Crippen LogP contribution in [0.3, 0.4) is 0 Å². The molecule has 0 aliphatic rings. The van der Waals surface area contributed by atoms with Gasteiger partial charge in [-0.1, -0.05) is 31.5 Å². The highest BCUT2D eigenvalue weighted by Crippen LogP contribution is 2.10. The molecular formula is C13H19NO3S. The lowest BCUT2D eigenvalue weighted by Crippen LogP contribution is -2.26. The molecule has 0 aliphatic carbocycles. The van der Waals surface area contributed by atoms with Crippen molar-refractivity contribution in [3.63, 3.8) is 0 Å². The van der Waals surface area contributed by atoms with Crippen LogP contribution in [0.25, 0.3) is 0 Å². The molecule has 0 heterocycles. The molecular weight excluding hydrogens is 250 g/mol. The molecule has 0 saturated heterocycles. The summed E-state index contributed by atoms with van der Waals surface area (Å²) in [5.74, 6) is -0.349. The Morgan fingerprint density at radius 1 is 1.22 bits per heavy atom. The Labute approximate surface area is 108 Å². The van der Waals surface area contributed by atoms with Gasteiger partial charge in [0.2, 0.25) is 5.91 Å². The molecule has 0 unspecified atom stereocenters. The first-order valence-corrected chi connectivity index (χ1v) is 7.76. The van der Waals surface area contributed by atoms with Crippen molar-refractivity contribution in [3.8, 4) is 0 Å². The second-order valence-corrected chi connectivity index (χ2v) is 6.19. The summed E-state index contributed by atoms with van der Waals surface area (Å²) < 4.78 is 23.8. The van der Waals surface area contributed by atoms with Crippen molar-refractivity contribution < 1.29 is 13.2 Å². The summed E-state index contributed by atoms with van der Waals surface area (Å²) in [5.41, 5.74) is 0. The number of benzene rings is 1. The van der Waals surface area contributed by atoms with E-state index in [-0.39, 0.29) is 23.0 Å². The monoisotopic (exact) mass is 269 g/mol. The summed E-state index contributed by atoms with van der Waals surface area (Å²) in [6, 6.07) is 8.20. The molecule has 1 N–H and O–H groups in total. The highest BCUT2D eigenvalue weighted by Gasteiger charge is 2.15. The third kappa shape index (κ3) is 4.87. The summed E-state index contributed by atoms with van der Waals surface area (Å²) in [4.78, 5) is 11.7. The van der Waals surface area contributed by atoms with Crippen LogP contribution < -0.4 is 5.32 Å². The molecule has 0 radical (unpaired) electrons. The Balaban J connectivity index is 2.46. The summed E-state index contributed by atoms with van der Waals surface area (Å²) in [6.07, 6.45) is 1.93. The lowest BCUT2D eigenvalue weighted by molar-refractivity contribution is -0.120. The van der Waals surface area contributed by atoms with Crippen LogP contribution in [0, 0.1) is 0 Å². The first-order valence-electron chi connectivity index (χ1n) is 6.11. The largest absolute Gasteiger partial charge is 0.356 e. The summed E-state index contributed by atoms with van der Waals surface area (Å²) in [7, 11) is -3.35. The number of carbonyl (C=O) groups excluding carboxylic acids is 1. The van der Waals surface area contributed by atoms with Gasteiger partial charge in [-0.3, -0.25) is 4.79 Å². The average molecular weight is 269 g/mol. The van der Waals surface area contributed by atoms with E-state index in [4.69, 9.17) is 0 Å². The molecule has 100 valence electrons. The fourth-order valence-corrected chi connectivity index (χ4v) is 2.73. The number of nitrogens with one attached hydrogen (secondary N) is 1. The predicted molar refractivity (Wildman–Crippen MR) is 71.0 cm³/mol. The van der Waals surface area contributed by atoms with Crippen molar-refractivity contribution in [3.05, 3.63) is 30.3 Å². The van der Waals surface area contributed by atoms with Crippen LogP contribution in [0.2, 0.25) is 0 Å². The highest BCUT2D eigenvalue weighted by atomic mass is 32.2. The normalized spacial score (nSPS) is 11.2. The molecule has 1 aromatic carbocycles. The SMILES string of the molecule is CCCCNC(=O)CCS(=O)(=O)c1ccccc1. The number of amides is 1. The molecule has 1 aromatic rings. The standard InChI is InChI=1S/C13H19NO3S/c1-2-3-10-14-13(15)9-11-18(16,17)12-7-5-4-6-8-12/h4-8H,2-3,9-11H2,1H3,(H,14,15). The van der Waals surface area contributed by atoms with Crippen molar-refractivity contribution in [2.75, 3.05) is 12.3 Å². The molecule has 0 fully saturated rings. The van der Waals surface area contributed by atoms with E-state index in [1.807, 2.05) is 6.92 Å². The Hall–Kier alpha value is -1.36. The lowest BCUT2D eigenvalue weighted by Gasteiger charge is -2.05. The number of hydrogen-bond donors (Lipinski definition) is 1. The van der Waals surface area contributed by atoms with Gasteiger partial charge in [0, 0.05) is 13.0 Å². The van der Waals surface area contributed by atoms with Crippen LogP contribution in [0.1, 0.15) is 26.2 Å². The molecule has 0 atom stereocenters. The Kier molecular flexibility index (Phi) is 5.85. The predicted octanol–water partition coefficient (Wildman–Crippen LogP) is 1.77.